The van der Waals surface area contributed by atoms with E-state index >= 15 is 0 Å². The highest BCUT2D eigenvalue weighted by atomic mass is 14.9. The van der Waals surface area contributed by atoms with Crippen molar-refractivity contribution >= 4 is 0 Å². The molecular formula is C17H22N2. The molecule has 0 saturated carbocycles. The molecule has 1 aromatic carbocycles. The van der Waals surface area contributed by atoms with E-state index < -0.39 is 0 Å². The zero-order valence-electron chi connectivity index (χ0n) is 11.9. The third kappa shape index (κ3) is 3.65. The van der Waals surface area contributed by atoms with Gasteiger partial charge in [-0.3, -0.25) is 4.98 Å². The molecule has 0 amide bonds. The number of rotatable bonds is 5. The molecule has 19 heavy (non-hydrogen) atoms. The third-order valence-corrected chi connectivity index (χ3v) is 3.57. The summed E-state index contributed by atoms with van der Waals surface area (Å²) in [4.78, 5) is 4.17. The Hall–Kier alpha value is -1.67. The lowest BCUT2D eigenvalue weighted by Crippen LogP contribution is -2.22. The van der Waals surface area contributed by atoms with Crippen molar-refractivity contribution in [3.63, 3.8) is 0 Å². The molecule has 2 rings (SSSR count). The molecule has 0 spiro atoms. The van der Waals surface area contributed by atoms with Crippen LogP contribution in [0.4, 0.5) is 0 Å². The summed E-state index contributed by atoms with van der Waals surface area (Å²) in [6.07, 6.45) is 4.82. The fourth-order valence-electron chi connectivity index (χ4n) is 2.24. The van der Waals surface area contributed by atoms with E-state index in [2.05, 4.69) is 61.4 Å². The van der Waals surface area contributed by atoms with Gasteiger partial charge in [0.15, 0.2) is 0 Å². The molecule has 0 aliphatic carbocycles. The number of aromatic nitrogens is 1. The second-order valence-corrected chi connectivity index (χ2v) is 4.99. The highest BCUT2D eigenvalue weighted by molar-refractivity contribution is 5.25. The lowest BCUT2D eigenvalue weighted by atomic mass is 10.0. The number of aryl methyl sites for hydroxylation is 1. The molecule has 0 saturated heterocycles. The Morgan fingerprint density at radius 2 is 1.68 bits per heavy atom. The maximum Gasteiger partial charge on any atom is 0.0315 e. The Kier molecular flexibility index (Phi) is 4.69. The van der Waals surface area contributed by atoms with Crippen molar-refractivity contribution in [2.45, 2.75) is 39.3 Å². The summed E-state index contributed by atoms with van der Waals surface area (Å²) in [6.45, 7) is 6.56. The van der Waals surface area contributed by atoms with Gasteiger partial charge in [0.05, 0.1) is 0 Å². The first-order valence-corrected chi connectivity index (χ1v) is 6.95. The van der Waals surface area contributed by atoms with Crippen LogP contribution in [-0.2, 0) is 6.42 Å². The molecule has 2 nitrogen and oxygen atoms in total. The Morgan fingerprint density at radius 1 is 1.00 bits per heavy atom. The maximum atomic E-state index is 4.17. The number of nitrogens with zero attached hydrogens (tertiary/aromatic N) is 1. The summed E-state index contributed by atoms with van der Waals surface area (Å²) in [5, 5.41) is 3.61. The van der Waals surface area contributed by atoms with Crippen LogP contribution in [0, 0.1) is 0 Å². The van der Waals surface area contributed by atoms with E-state index in [4.69, 9.17) is 0 Å². The van der Waals surface area contributed by atoms with Crippen molar-refractivity contribution in [3.05, 3.63) is 65.5 Å². The van der Waals surface area contributed by atoms with E-state index in [1.165, 1.54) is 16.7 Å². The number of nitrogens with one attached hydrogen (secondary N) is 1. The fourth-order valence-corrected chi connectivity index (χ4v) is 2.24. The van der Waals surface area contributed by atoms with Gasteiger partial charge in [-0.05, 0) is 43.0 Å². The normalized spacial score (nSPS) is 14.1. The molecule has 1 unspecified atom stereocenters. The third-order valence-electron chi connectivity index (χ3n) is 3.57. The smallest absolute Gasteiger partial charge is 0.0315 e. The van der Waals surface area contributed by atoms with Crippen LogP contribution in [0.2, 0.25) is 0 Å². The predicted octanol–water partition coefficient (Wildman–Crippen LogP) is 4.06. The molecule has 100 valence electrons. The van der Waals surface area contributed by atoms with Crippen molar-refractivity contribution < 1.29 is 0 Å². The lowest BCUT2D eigenvalue weighted by molar-refractivity contribution is 0.493. The van der Waals surface area contributed by atoms with Gasteiger partial charge < -0.3 is 5.32 Å². The van der Waals surface area contributed by atoms with Gasteiger partial charge in [-0.2, -0.15) is 0 Å². The minimum atomic E-state index is 0.301. The molecule has 2 heteroatoms. The Morgan fingerprint density at radius 3 is 2.26 bits per heavy atom. The summed E-state index contributed by atoms with van der Waals surface area (Å²) in [5.74, 6) is 0. The fraction of sp³-hybridized carbons (Fsp3) is 0.353. The summed E-state index contributed by atoms with van der Waals surface area (Å²) in [5.41, 5.74) is 3.93. The van der Waals surface area contributed by atoms with Gasteiger partial charge in [0, 0.05) is 24.5 Å². The molecular weight excluding hydrogens is 232 g/mol. The summed E-state index contributed by atoms with van der Waals surface area (Å²) >= 11 is 0. The van der Waals surface area contributed by atoms with Crippen LogP contribution in [-0.4, -0.2) is 4.98 Å². The number of hydrogen-bond acceptors (Lipinski definition) is 2. The van der Waals surface area contributed by atoms with E-state index in [0.717, 1.165) is 6.42 Å². The van der Waals surface area contributed by atoms with Crippen molar-refractivity contribution in [3.8, 4) is 0 Å². The van der Waals surface area contributed by atoms with Crippen molar-refractivity contribution in [2.75, 3.05) is 0 Å². The topological polar surface area (TPSA) is 24.9 Å². The SMILES string of the molecule is CCc1ccc(C(C)N[C@@H](C)c2cccnc2)cc1. The molecule has 0 fully saturated rings. The van der Waals surface area contributed by atoms with Crippen molar-refractivity contribution in [2.24, 2.45) is 0 Å². The zero-order chi connectivity index (χ0) is 13.7. The highest BCUT2D eigenvalue weighted by Crippen LogP contribution is 2.19. The molecule has 1 heterocycles. The van der Waals surface area contributed by atoms with Crippen LogP contribution in [0.5, 0.6) is 0 Å². The second-order valence-electron chi connectivity index (χ2n) is 4.99. The number of benzene rings is 1. The van der Waals surface area contributed by atoms with Crippen LogP contribution < -0.4 is 5.32 Å². The first-order chi connectivity index (χ1) is 9.20. The standard InChI is InChI=1S/C17H22N2/c1-4-15-7-9-16(10-8-15)13(2)19-14(3)17-6-5-11-18-12-17/h5-14,19H,4H2,1-3H3/t13?,14-/m0/s1. The lowest BCUT2D eigenvalue weighted by Gasteiger charge is -2.20. The van der Waals surface area contributed by atoms with Gasteiger partial charge in [0.1, 0.15) is 0 Å². The average molecular weight is 254 g/mol. The summed E-state index contributed by atoms with van der Waals surface area (Å²) in [6, 6.07) is 13.6. The van der Waals surface area contributed by atoms with Crippen molar-refractivity contribution in [1.82, 2.24) is 10.3 Å². The monoisotopic (exact) mass is 254 g/mol. The highest BCUT2D eigenvalue weighted by Gasteiger charge is 2.10. The molecule has 2 aromatic rings. The molecule has 1 N–H and O–H groups in total. The Balaban J connectivity index is 2.02. The predicted molar refractivity (Wildman–Crippen MR) is 80.0 cm³/mol. The Labute approximate surface area is 115 Å². The minimum Gasteiger partial charge on any atom is -0.304 e. The van der Waals surface area contributed by atoms with E-state index in [9.17, 15) is 0 Å². The molecule has 0 bridgehead atoms. The van der Waals surface area contributed by atoms with Gasteiger partial charge in [-0.1, -0.05) is 37.3 Å². The van der Waals surface area contributed by atoms with Gasteiger partial charge in [-0.15, -0.1) is 0 Å². The van der Waals surface area contributed by atoms with Crippen molar-refractivity contribution in [1.29, 1.82) is 0 Å². The van der Waals surface area contributed by atoms with Crippen LogP contribution in [0.1, 0.15) is 49.5 Å². The molecule has 0 aliphatic rings. The van der Waals surface area contributed by atoms with E-state index in [-0.39, 0.29) is 0 Å². The summed E-state index contributed by atoms with van der Waals surface area (Å²) in [7, 11) is 0. The van der Waals surface area contributed by atoms with Gasteiger partial charge in [0.25, 0.3) is 0 Å². The van der Waals surface area contributed by atoms with E-state index in [0.29, 0.717) is 12.1 Å². The van der Waals surface area contributed by atoms with E-state index in [1.807, 2.05) is 18.5 Å². The maximum absolute atomic E-state index is 4.17. The molecule has 2 atom stereocenters. The van der Waals surface area contributed by atoms with E-state index in [1.54, 1.807) is 0 Å². The zero-order valence-corrected chi connectivity index (χ0v) is 11.9. The van der Waals surface area contributed by atoms with Crippen LogP contribution in [0.25, 0.3) is 0 Å². The van der Waals surface area contributed by atoms with Crippen LogP contribution in [0.3, 0.4) is 0 Å². The first-order valence-electron chi connectivity index (χ1n) is 6.95. The Bertz CT molecular complexity index is 490. The van der Waals surface area contributed by atoms with Gasteiger partial charge >= 0.3 is 0 Å². The first kappa shape index (κ1) is 13.8. The number of hydrogen-bond donors (Lipinski definition) is 1. The van der Waals surface area contributed by atoms with Gasteiger partial charge in [0.2, 0.25) is 0 Å². The van der Waals surface area contributed by atoms with Gasteiger partial charge in [-0.25, -0.2) is 0 Å². The number of pyridine rings is 1. The average Bonchev–Trinajstić information content (AvgIpc) is 2.48. The van der Waals surface area contributed by atoms with Crippen LogP contribution in [0.15, 0.2) is 48.8 Å². The molecule has 1 aromatic heterocycles. The summed E-state index contributed by atoms with van der Waals surface area (Å²) < 4.78 is 0. The second kappa shape index (κ2) is 6.48. The molecule has 0 radical (unpaired) electrons. The van der Waals surface area contributed by atoms with Crippen LogP contribution >= 0.6 is 0 Å². The molecule has 0 aliphatic heterocycles. The largest absolute Gasteiger partial charge is 0.304 e. The quantitative estimate of drug-likeness (QED) is 0.870. The minimum absolute atomic E-state index is 0.301.